The maximum Gasteiger partial charge on any atom is 0.264 e. The van der Waals surface area contributed by atoms with E-state index in [-0.39, 0.29) is 12.0 Å². The lowest BCUT2D eigenvalue weighted by Crippen LogP contribution is -2.43. The van der Waals surface area contributed by atoms with E-state index < -0.39 is 11.9 Å². The summed E-state index contributed by atoms with van der Waals surface area (Å²) >= 11 is 1.34. The number of hydrogen-bond donors (Lipinski definition) is 1. The largest absolute Gasteiger partial charge is 0.487 e. The van der Waals surface area contributed by atoms with Crippen LogP contribution in [0, 0.1) is 0 Å². The molecule has 2 amide bonds. The lowest BCUT2D eigenvalue weighted by Gasteiger charge is -2.21. The predicted molar refractivity (Wildman–Crippen MR) is 81.6 cm³/mol. The summed E-state index contributed by atoms with van der Waals surface area (Å²) in [5, 5.41) is 1.83. The van der Waals surface area contributed by atoms with Gasteiger partial charge in [0.05, 0.1) is 17.6 Å². The number of rotatable bonds is 4. The molecular weight excluding hydrogens is 302 g/mol. The minimum Gasteiger partial charge on any atom is -0.487 e. The van der Waals surface area contributed by atoms with E-state index in [4.69, 9.17) is 10.5 Å². The average molecular weight is 317 g/mol. The number of thiophene rings is 1. The van der Waals surface area contributed by atoms with E-state index in [9.17, 15) is 9.59 Å². The van der Waals surface area contributed by atoms with Gasteiger partial charge in [-0.2, -0.15) is 0 Å². The van der Waals surface area contributed by atoms with E-state index in [1.807, 2.05) is 5.38 Å². The Morgan fingerprint density at radius 3 is 2.86 bits per heavy atom. The lowest BCUT2D eigenvalue weighted by atomic mass is 10.2. The standard InChI is InChI=1S/C15H15N3O3S/c16-14(19)12-7-11(21-10-3-1-5-17-8-10)9-18(12)15(20)13-4-2-6-22-13/h1-6,8,11-12H,7,9H2,(H2,16,19)/t11-,12-/m0/s1. The van der Waals surface area contributed by atoms with Crippen LogP contribution in [0.1, 0.15) is 16.1 Å². The molecule has 7 heteroatoms. The highest BCUT2D eigenvalue weighted by Crippen LogP contribution is 2.25. The number of likely N-dealkylation sites (tertiary alicyclic amines) is 1. The van der Waals surface area contributed by atoms with E-state index >= 15 is 0 Å². The number of aromatic nitrogens is 1. The molecule has 114 valence electrons. The van der Waals surface area contributed by atoms with Crippen molar-refractivity contribution >= 4 is 23.2 Å². The highest BCUT2D eigenvalue weighted by molar-refractivity contribution is 7.12. The van der Waals surface area contributed by atoms with Crippen molar-refractivity contribution in [3.8, 4) is 5.75 Å². The fourth-order valence-electron chi connectivity index (χ4n) is 2.53. The van der Waals surface area contributed by atoms with Gasteiger partial charge in [0.1, 0.15) is 17.9 Å². The minimum atomic E-state index is -0.642. The van der Waals surface area contributed by atoms with Gasteiger partial charge in [-0.3, -0.25) is 14.6 Å². The second kappa shape index (κ2) is 6.15. The molecule has 0 unspecified atom stereocenters. The number of hydrogen-bond acceptors (Lipinski definition) is 5. The maximum absolute atomic E-state index is 12.5. The van der Waals surface area contributed by atoms with Gasteiger partial charge in [0.2, 0.25) is 5.91 Å². The summed E-state index contributed by atoms with van der Waals surface area (Å²) in [6, 6.07) is 6.45. The SMILES string of the molecule is NC(=O)[C@@H]1C[C@H](Oc2cccnc2)CN1C(=O)c1cccs1. The van der Waals surface area contributed by atoms with Gasteiger partial charge in [0.15, 0.2) is 0 Å². The van der Waals surface area contributed by atoms with Crippen LogP contribution in [0.4, 0.5) is 0 Å². The van der Waals surface area contributed by atoms with Crippen molar-refractivity contribution < 1.29 is 14.3 Å². The number of nitrogens with two attached hydrogens (primary N) is 1. The first kappa shape index (κ1) is 14.5. The zero-order valence-corrected chi connectivity index (χ0v) is 12.5. The van der Waals surface area contributed by atoms with Gasteiger partial charge in [-0.05, 0) is 23.6 Å². The van der Waals surface area contributed by atoms with Gasteiger partial charge in [0, 0.05) is 12.6 Å². The van der Waals surface area contributed by atoms with Crippen LogP contribution >= 0.6 is 11.3 Å². The zero-order valence-electron chi connectivity index (χ0n) is 11.7. The zero-order chi connectivity index (χ0) is 15.5. The minimum absolute atomic E-state index is 0.184. The molecule has 0 aliphatic carbocycles. The van der Waals surface area contributed by atoms with Gasteiger partial charge in [-0.15, -0.1) is 11.3 Å². The van der Waals surface area contributed by atoms with Crippen molar-refractivity contribution in [2.24, 2.45) is 5.73 Å². The number of amides is 2. The first-order valence-electron chi connectivity index (χ1n) is 6.85. The van der Waals surface area contributed by atoms with E-state index in [2.05, 4.69) is 4.98 Å². The maximum atomic E-state index is 12.5. The molecule has 0 aromatic carbocycles. The molecule has 0 saturated carbocycles. The summed E-state index contributed by atoms with van der Waals surface area (Å²) in [5.41, 5.74) is 5.44. The number of ether oxygens (including phenoxy) is 1. The van der Waals surface area contributed by atoms with Crippen molar-refractivity contribution in [3.63, 3.8) is 0 Å². The Bertz CT molecular complexity index is 660. The summed E-state index contributed by atoms with van der Waals surface area (Å²) in [4.78, 5) is 30.2. The average Bonchev–Trinajstić information content (AvgIpc) is 3.17. The number of carbonyl (C=O) groups excluding carboxylic acids is 2. The Kier molecular flexibility index (Phi) is 4.06. The molecule has 2 aromatic heterocycles. The van der Waals surface area contributed by atoms with Crippen LogP contribution in [-0.2, 0) is 4.79 Å². The molecular formula is C15H15N3O3S. The summed E-state index contributed by atoms with van der Waals surface area (Å²) in [6.07, 6.45) is 3.37. The Morgan fingerprint density at radius 2 is 2.23 bits per heavy atom. The highest BCUT2D eigenvalue weighted by atomic mass is 32.1. The van der Waals surface area contributed by atoms with Crippen LogP contribution < -0.4 is 10.5 Å². The molecule has 3 heterocycles. The third kappa shape index (κ3) is 2.94. The van der Waals surface area contributed by atoms with Gasteiger partial charge >= 0.3 is 0 Å². The molecule has 1 saturated heterocycles. The van der Waals surface area contributed by atoms with E-state index in [1.54, 1.807) is 36.7 Å². The fourth-order valence-corrected chi connectivity index (χ4v) is 3.21. The normalized spacial score (nSPS) is 20.8. The topological polar surface area (TPSA) is 85.5 Å². The second-order valence-corrected chi connectivity index (χ2v) is 5.96. The molecule has 22 heavy (non-hydrogen) atoms. The Morgan fingerprint density at radius 1 is 1.36 bits per heavy atom. The van der Waals surface area contributed by atoms with E-state index in [0.29, 0.717) is 23.6 Å². The number of primary amides is 1. The van der Waals surface area contributed by atoms with Crippen LogP contribution in [0.2, 0.25) is 0 Å². The smallest absolute Gasteiger partial charge is 0.264 e. The van der Waals surface area contributed by atoms with Crippen LogP contribution in [0.5, 0.6) is 5.75 Å². The van der Waals surface area contributed by atoms with Crippen molar-refractivity contribution in [2.75, 3.05) is 6.54 Å². The van der Waals surface area contributed by atoms with E-state index in [1.165, 1.54) is 16.2 Å². The Hall–Kier alpha value is -2.41. The van der Waals surface area contributed by atoms with Gasteiger partial charge < -0.3 is 15.4 Å². The Labute approximate surface area is 131 Å². The van der Waals surface area contributed by atoms with Crippen molar-refractivity contribution in [2.45, 2.75) is 18.6 Å². The van der Waals surface area contributed by atoms with Crippen LogP contribution in [0.15, 0.2) is 42.0 Å². The molecule has 6 nitrogen and oxygen atoms in total. The second-order valence-electron chi connectivity index (χ2n) is 5.02. The molecule has 0 bridgehead atoms. The molecule has 2 aromatic rings. The predicted octanol–water partition coefficient (Wildman–Crippen LogP) is 1.29. The summed E-state index contributed by atoms with van der Waals surface area (Å²) in [7, 11) is 0. The molecule has 0 radical (unpaired) electrons. The summed E-state index contributed by atoms with van der Waals surface area (Å²) in [5.74, 6) is -0.0839. The highest BCUT2D eigenvalue weighted by Gasteiger charge is 2.40. The fraction of sp³-hybridized carbons (Fsp3) is 0.267. The number of nitrogens with zero attached hydrogens (tertiary/aromatic N) is 2. The molecule has 0 spiro atoms. The van der Waals surface area contributed by atoms with Crippen LogP contribution in [0.25, 0.3) is 0 Å². The van der Waals surface area contributed by atoms with Crippen molar-refractivity contribution in [3.05, 3.63) is 46.9 Å². The third-order valence-electron chi connectivity index (χ3n) is 3.52. The first-order valence-corrected chi connectivity index (χ1v) is 7.73. The summed E-state index contributed by atoms with van der Waals surface area (Å²) in [6.45, 7) is 0.333. The Balaban J connectivity index is 1.75. The molecule has 1 aliphatic rings. The third-order valence-corrected chi connectivity index (χ3v) is 4.38. The van der Waals surface area contributed by atoms with Crippen LogP contribution in [-0.4, -0.2) is 40.4 Å². The van der Waals surface area contributed by atoms with Gasteiger partial charge in [0.25, 0.3) is 5.91 Å². The lowest BCUT2D eigenvalue weighted by molar-refractivity contribution is -0.121. The molecule has 3 rings (SSSR count). The number of pyridine rings is 1. The van der Waals surface area contributed by atoms with E-state index in [0.717, 1.165) is 0 Å². The molecule has 1 fully saturated rings. The van der Waals surface area contributed by atoms with Crippen molar-refractivity contribution in [1.29, 1.82) is 0 Å². The van der Waals surface area contributed by atoms with Gasteiger partial charge in [-0.1, -0.05) is 6.07 Å². The first-order chi connectivity index (χ1) is 10.6. The monoisotopic (exact) mass is 317 g/mol. The van der Waals surface area contributed by atoms with Crippen LogP contribution in [0.3, 0.4) is 0 Å². The molecule has 2 N–H and O–H groups in total. The van der Waals surface area contributed by atoms with Gasteiger partial charge in [-0.25, -0.2) is 0 Å². The molecule has 2 atom stereocenters. The molecule has 1 aliphatic heterocycles. The van der Waals surface area contributed by atoms with Crippen molar-refractivity contribution in [1.82, 2.24) is 9.88 Å². The quantitative estimate of drug-likeness (QED) is 0.921. The summed E-state index contributed by atoms with van der Waals surface area (Å²) < 4.78 is 5.79. The number of carbonyl (C=O) groups is 2.